The second kappa shape index (κ2) is 11.2. The number of ketones is 3. The van der Waals surface area contributed by atoms with Crippen LogP contribution in [-0.4, -0.2) is 85.9 Å². The van der Waals surface area contributed by atoms with Gasteiger partial charge in [-0.2, -0.15) is 11.8 Å². The standard InChI is InChI=1S/C29H31ClO10S/c1-12-24(32)18(41-8-7-30)9-19(39-12)40-17-11-29(37,13(2)31)10-15-21(17)28(36)23-22(26(15)34)25(33)14-5-4-6-16(38-3)20(14)27(23)35/h4-6,12,17-19,24,32,34,36-37H,7-11H2,1-3H3/t12?,17-,18?,19?,24?,29-/m0/s1. The molecule has 0 amide bonds. The minimum absolute atomic E-state index is 0.00872. The summed E-state index contributed by atoms with van der Waals surface area (Å²) in [6.45, 7) is 2.88. The molecule has 2 aromatic carbocycles. The summed E-state index contributed by atoms with van der Waals surface area (Å²) in [5.41, 5.74) is -2.96. The topological polar surface area (TPSA) is 160 Å². The Morgan fingerprint density at radius 2 is 1.88 bits per heavy atom. The molecule has 0 radical (unpaired) electrons. The number of aliphatic hydroxyl groups is 2. The van der Waals surface area contributed by atoms with Gasteiger partial charge in [0.25, 0.3) is 0 Å². The van der Waals surface area contributed by atoms with Crippen molar-refractivity contribution in [1.82, 2.24) is 0 Å². The van der Waals surface area contributed by atoms with Crippen LogP contribution >= 0.6 is 23.4 Å². The third kappa shape index (κ3) is 4.92. The van der Waals surface area contributed by atoms with Gasteiger partial charge in [0, 0.05) is 52.8 Å². The number of alkyl halides is 1. The van der Waals surface area contributed by atoms with Gasteiger partial charge >= 0.3 is 0 Å². The van der Waals surface area contributed by atoms with Gasteiger partial charge in [0.1, 0.15) is 22.8 Å². The summed E-state index contributed by atoms with van der Waals surface area (Å²) < 4.78 is 17.4. The van der Waals surface area contributed by atoms with Crippen molar-refractivity contribution in [3.8, 4) is 17.2 Å². The summed E-state index contributed by atoms with van der Waals surface area (Å²) in [6, 6.07) is 4.46. The van der Waals surface area contributed by atoms with Crippen LogP contribution in [0.25, 0.3) is 0 Å². The fourth-order valence-electron chi connectivity index (χ4n) is 5.94. The summed E-state index contributed by atoms with van der Waals surface area (Å²) in [5.74, 6) is -2.14. The highest BCUT2D eigenvalue weighted by atomic mass is 35.5. The van der Waals surface area contributed by atoms with E-state index >= 15 is 0 Å². The number of phenols is 2. The predicted molar refractivity (Wildman–Crippen MR) is 149 cm³/mol. The average Bonchev–Trinajstić information content (AvgIpc) is 2.93. The number of Topliss-reactive ketones (excluding diaryl/α,β-unsaturated/α-hetero) is 1. The normalized spacial score (nSPS) is 29.0. The zero-order valence-electron chi connectivity index (χ0n) is 22.7. The van der Waals surface area contributed by atoms with Crippen LogP contribution in [0.15, 0.2) is 18.2 Å². The summed E-state index contributed by atoms with van der Waals surface area (Å²) >= 11 is 7.30. The molecular weight excluding hydrogens is 576 g/mol. The molecule has 0 saturated carbocycles. The van der Waals surface area contributed by atoms with Crippen LogP contribution < -0.4 is 4.74 Å². The highest BCUT2D eigenvalue weighted by Crippen LogP contribution is 2.52. The molecule has 3 aliphatic rings. The van der Waals surface area contributed by atoms with E-state index in [0.717, 1.165) is 0 Å². The van der Waals surface area contributed by atoms with Crippen LogP contribution in [0.5, 0.6) is 17.2 Å². The number of rotatable bonds is 7. The zero-order valence-corrected chi connectivity index (χ0v) is 24.3. The minimum Gasteiger partial charge on any atom is -0.507 e. The molecule has 1 heterocycles. The first-order chi connectivity index (χ1) is 19.4. The predicted octanol–water partition coefficient (Wildman–Crippen LogP) is 3.04. The Labute approximate surface area is 245 Å². The van der Waals surface area contributed by atoms with Crippen molar-refractivity contribution in [2.45, 2.75) is 68.6 Å². The second-order valence-electron chi connectivity index (χ2n) is 10.6. The van der Waals surface area contributed by atoms with Crippen LogP contribution in [0.4, 0.5) is 0 Å². The van der Waals surface area contributed by atoms with Crippen LogP contribution in [0.3, 0.4) is 0 Å². The van der Waals surface area contributed by atoms with E-state index in [9.17, 15) is 34.8 Å². The molecule has 12 heteroatoms. The van der Waals surface area contributed by atoms with Gasteiger partial charge in [0.2, 0.25) is 5.78 Å². The van der Waals surface area contributed by atoms with Gasteiger partial charge in [-0.05, 0) is 19.9 Å². The fourth-order valence-corrected chi connectivity index (χ4v) is 7.31. The molecule has 41 heavy (non-hydrogen) atoms. The highest BCUT2D eigenvalue weighted by molar-refractivity contribution is 8.00. The molecule has 5 rings (SSSR count). The number of halogens is 1. The maximum Gasteiger partial charge on any atom is 0.202 e. The number of aromatic hydroxyl groups is 2. The van der Waals surface area contributed by atoms with Crippen molar-refractivity contribution in [1.29, 1.82) is 0 Å². The molecule has 10 nitrogen and oxygen atoms in total. The fraction of sp³-hybridized carbons (Fsp3) is 0.483. The highest BCUT2D eigenvalue weighted by Gasteiger charge is 2.49. The average molecular weight is 607 g/mol. The lowest BCUT2D eigenvalue weighted by atomic mass is 9.72. The Hall–Kier alpha value is -2.67. The van der Waals surface area contributed by atoms with Crippen molar-refractivity contribution >= 4 is 40.7 Å². The van der Waals surface area contributed by atoms with Gasteiger partial charge in [-0.1, -0.05) is 12.1 Å². The lowest BCUT2D eigenvalue weighted by Gasteiger charge is -2.42. The first kappa shape index (κ1) is 29.8. The first-order valence-electron chi connectivity index (χ1n) is 13.2. The van der Waals surface area contributed by atoms with E-state index in [0.29, 0.717) is 11.6 Å². The summed E-state index contributed by atoms with van der Waals surface area (Å²) in [6.07, 6.45) is -4.03. The third-order valence-corrected chi connectivity index (χ3v) is 9.86. The molecule has 4 unspecified atom stereocenters. The molecule has 0 aromatic heterocycles. The van der Waals surface area contributed by atoms with Crippen molar-refractivity contribution < 1.29 is 49.0 Å². The number of carbonyl (C=O) groups is 3. The molecule has 6 atom stereocenters. The van der Waals surface area contributed by atoms with Crippen molar-refractivity contribution in [3.63, 3.8) is 0 Å². The molecule has 220 valence electrons. The monoisotopic (exact) mass is 606 g/mol. The summed E-state index contributed by atoms with van der Waals surface area (Å²) in [5, 5.41) is 44.7. The second-order valence-corrected chi connectivity index (χ2v) is 12.3. The molecule has 4 N–H and O–H groups in total. The number of hydrogen-bond donors (Lipinski definition) is 4. The van der Waals surface area contributed by atoms with Crippen molar-refractivity contribution in [2.24, 2.45) is 0 Å². The van der Waals surface area contributed by atoms with Crippen LogP contribution in [0.2, 0.25) is 0 Å². The quantitative estimate of drug-likeness (QED) is 0.231. The van der Waals surface area contributed by atoms with Crippen LogP contribution in [0.1, 0.15) is 75.8 Å². The summed E-state index contributed by atoms with van der Waals surface area (Å²) in [7, 11) is 1.35. The Morgan fingerprint density at radius 3 is 2.54 bits per heavy atom. The number of fused-ring (bicyclic) bond motifs is 3. The van der Waals surface area contributed by atoms with Gasteiger partial charge in [-0.25, -0.2) is 0 Å². The van der Waals surface area contributed by atoms with E-state index in [-0.39, 0.29) is 46.1 Å². The van der Waals surface area contributed by atoms with E-state index in [1.54, 1.807) is 6.92 Å². The van der Waals surface area contributed by atoms with Crippen LogP contribution in [-0.2, 0) is 20.7 Å². The molecule has 0 bridgehead atoms. The van der Waals surface area contributed by atoms with E-state index in [4.69, 9.17) is 25.8 Å². The van der Waals surface area contributed by atoms with E-state index in [2.05, 4.69) is 0 Å². The van der Waals surface area contributed by atoms with Crippen molar-refractivity contribution in [3.05, 3.63) is 51.6 Å². The Bertz CT molecular complexity index is 1430. The number of phenolic OH excluding ortho intramolecular Hbond substituents is 2. The maximum absolute atomic E-state index is 13.7. The van der Waals surface area contributed by atoms with E-state index in [1.807, 2.05) is 0 Å². The Morgan fingerprint density at radius 1 is 1.17 bits per heavy atom. The molecule has 2 aromatic rings. The van der Waals surface area contributed by atoms with Gasteiger partial charge in [0.05, 0.1) is 42.1 Å². The first-order valence-corrected chi connectivity index (χ1v) is 14.8. The molecule has 1 aliphatic heterocycles. The molecule has 1 saturated heterocycles. The minimum atomic E-state index is -1.99. The number of aliphatic hydroxyl groups excluding tert-OH is 1. The van der Waals surface area contributed by atoms with Gasteiger partial charge in [-0.3, -0.25) is 14.4 Å². The number of thioether (sulfide) groups is 1. The number of methoxy groups -OCH3 is 1. The number of hydrogen-bond acceptors (Lipinski definition) is 11. The number of carbonyl (C=O) groups excluding carboxylic acids is 3. The summed E-state index contributed by atoms with van der Waals surface area (Å²) in [4.78, 5) is 39.9. The maximum atomic E-state index is 13.7. The van der Waals surface area contributed by atoms with E-state index in [1.165, 1.54) is 44.0 Å². The van der Waals surface area contributed by atoms with Gasteiger partial charge in [-0.15, -0.1) is 11.6 Å². The lowest BCUT2D eigenvalue weighted by molar-refractivity contribution is -0.241. The molecular formula is C29H31ClO10S. The number of benzene rings is 2. The molecule has 2 aliphatic carbocycles. The zero-order chi connectivity index (χ0) is 29.8. The Kier molecular flexibility index (Phi) is 8.14. The van der Waals surface area contributed by atoms with Gasteiger partial charge in [0.15, 0.2) is 17.9 Å². The van der Waals surface area contributed by atoms with Crippen molar-refractivity contribution in [2.75, 3.05) is 18.7 Å². The lowest BCUT2D eigenvalue weighted by Crippen LogP contribution is -2.49. The van der Waals surface area contributed by atoms with Gasteiger partial charge < -0.3 is 34.6 Å². The largest absolute Gasteiger partial charge is 0.507 e. The smallest absolute Gasteiger partial charge is 0.202 e. The SMILES string of the molecule is COc1cccc2c1C(=O)c1c(O)c3c(c(O)c1C2=O)C[C@@](O)(C(C)=O)C[C@@H]3OC1CC(SCCCl)C(O)C(C)O1. The third-order valence-electron chi connectivity index (χ3n) is 8.11. The van der Waals surface area contributed by atoms with E-state index < -0.39 is 76.6 Å². The Balaban J connectivity index is 1.63. The number of ether oxygens (including phenoxy) is 3. The molecule has 1 fully saturated rings. The molecule has 0 spiro atoms. The van der Waals surface area contributed by atoms with Crippen LogP contribution in [0, 0.1) is 0 Å².